The number of nitrogens with zero attached hydrogens (tertiary/aromatic N) is 2. The van der Waals surface area contributed by atoms with Crippen LogP contribution >= 0.6 is 0 Å². The quantitative estimate of drug-likeness (QED) is 0.853. The summed E-state index contributed by atoms with van der Waals surface area (Å²) in [5, 5.41) is 3.47. The van der Waals surface area contributed by atoms with Crippen LogP contribution in [-0.4, -0.2) is 18.7 Å². The molecule has 3 nitrogen and oxygen atoms in total. The van der Waals surface area contributed by atoms with Gasteiger partial charge in [0, 0.05) is 51.0 Å². The number of aromatic nitrogens is 1. The van der Waals surface area contributed by atoms with Gasteiger partial charge >= 0.3 is 0 Å². The molecular weight excluding hydrogens is 234 g/mol. The first-order valence-corrected chi connectivity index (χ1v) is 6.85. The van der Waals surface area contributed by atoms with Gasteiger partial charge < -0.3 is 14.8 Å². The lowest BCUT2D eigenvalue weighted by Crippen LogP contribution is -2.09. The molecule has 3 heteroatoms. The summed E-state index contributed by atoms with van der Waals surface area (Å²) in [6.07, 6.45) is 5.54. The lowest BCUT2D eigenvalue weighted by atomic mass is 10.2. The van der Waals surface area contributed by atoms with Crippen LogP contribution in [0.2, 0.25) is 0 Å². The lowest BCUT2D eigenvalue weighted by Gasteiger charge is -2.14. The van der Waals surface area contributed by atoms with E-state index in [0.29, 0.717) is 0 Å². The molecule has 2 aromatic rings. The number of anilines is 2. The maximum Gasteiger partial charge on any atom is 0.0415 e. The molecule has 1 N–H and O–H groups in total. The minimum Gasteiger partial charge on any atom is -0.381 e. The molecule has 0 aliphatic carbocycles. The minimum atomic E-state index is 0.869. The highest BCUT2D eigenvalue weighted by Gasteiger charge is 1.99. The topological polar surface area (TPSA) is 20.2 Å². The van der Waals surface area contributed by atoms with Crippen molar-refractivity contribution < 1.29 is 0 Å². The van der Waals surface area contributed by atoms with Crippen molar-refractivity contribution in [2.45, 2.75) is 26.4 Å². The van der Waals surface area contributed by atoms with E-state index in [1.54, 1.807) is 0 Å². The molecule has 0 bridgehead atoms. The van der Waals surface area contributed by atoms with Crippen LogP contribution in [0, 0.1) is 0 Å². The van der Waals surface area contributed by atoms with E-state index in [4.69, 9.17) is 0 Å². The first-order chi connectivity index (χ1) is 9.19. The maximum absolute atomic E-state index is 3.47. The van der Waals surface area contributed by atoms with Crippen LogP contribution in [0.1, 0.15) is 18.9 Å². The Balaban J connectivity index is 1.95. The van der Waals surface area contributed by atoms with Crippen LogP contribution in [0.5, 0.6) is 0 Å². The molecule has 0 aliphatic heterocycles. The van der Waals surface area contributed by atoms with E-state index >= 15 is 0 Å². The molecule has 0 unspecified atom stereocenters. The van der Waals surface area contributed by atoms with Crippen molar-refractivity contribution in [2.24, 2.45) is 0 Å². The van der Waals surface area contributed by atoms with Crippen molar-refractivity contribution in [2.75, 3.05) is 24.3 Å². The Morgan fingerprint density at radius 2 is 2.05 bits per heavy atom. The predicted octanol–water partition coefficient (Wildman–Crippen LogP) is 3.58. The van der Waals surface area contributed by atoms with E-state index in [1.807, 2.05) is 0 Å². The Kier molecular flexibility index (Phi) is 4.50. The molecule has 0 aliphatic rings. The van der Waals surface area contributed by atoms with E-state index in [1.165, 1.54) is 17.7 Å². The number of aryl methyl sites for hydroxylation is 1. The summed E-state index contributed by atoms with van der Waals surface area (Å²) >= 11 is 0. The van der Waals surface area contributed by atoms with Crippen molar-refractivity contribution in [1.82, 2.24) is 4.57 Å². The van der Waals surface area contributed by atoms with E-state index in [2.05, 4.69) is 78.5 Å². The van der Waals surface area contributed by atoms with Crippen LogP contribution in [0.25, 0.3) is 0 Å². The molecule has 0 spiro atoms. The third-order valence-corrected chi connectivity index (χ3v) is 3.15. The molecule has 1 aromatic carbocycles. The molecule has 102 valence electrons. The molecule has 19 heavy (non-hydrogen) atoms. The fraction of sp³-hybridized carbons (Fsp3) is 0.375. The average Bonchev–Trinajstić information content (AvgIpc) is 2.85. The maximum atomic E-state index is 3.47. The van der Waals surface area contributed by atoms with Gasteiger partial charge in [-0.3, -0.25) is 0 Å². The van der Waals surface area contributed by atoms with Gasteiger partial charge in [0.1, 0.15) is 0 Å². The van der Waals surface area contributed by atoms with Crippen molar-refractivity contribution in [3.8, 4) is 0 Å². The fourth-order valence-corrected chi connectivity index (χ4v) is 2.09. The number of hydrogen-bond acceptors (Lipinski definition) is 2. The SMILES string of the molecule is CCCn1ccc(CNc2cccc(N(C)C)c2)c1. The van der Waals surface area contributed by atoms with Crippen molar-refractivity contribution in [1.29, 1.82) is 0 Å². The second kappa shape index (κ2) is 6.32. The zero-order valence-electron chi connectivity index (χ0n) is 12.1. The second-order valence-corrected chi connectivity index (χ2v) is 5.06. The highest BCUT2D eigenvalue weighted by atomic mass is 15.1. The fourth-order valence-electron chi connectivity index (χ4n) is 2.09. The van der Waals surface area contributed by atoms with Crippen LogP contribution < -0.4 is 10.2 Å². The zero-order valence-corrected chi connectivity index (χ0v) is 12.1. The Morgan fingerprint density at radius 3 is 2.79 bits per heavy atom. The van der Waals surface area contributed by atoms with Gasteiger partial charge in [-0.15, -0.1) is 0 Å². The first-order valence-electron chi connectivity index (χ1n) is 6.85. The second-order valence-electron chi connectivity index (χ2n) is 5.06. The molecule has 1 aromatic heterocycles. The summed E-state index contributed by atoms with van der Waals surface area (Å²) in [6.45, 7) is 4.16. The Bertz CT molecular complexity index is 514. The van der Waals surface area contributed by atoms with Crippen LogP contribution in [0.4, 0.5) is 11.4 Å². The molecule has 0 saturated carbocycles. The summed E-state index contributed by atoms with van der Waals surface area (Å²) in [7, 11) is 4.12. The van der Waals surface area contributed by atoms with Crippen LogP contribution in [0.15, 0.2) is 42.7 Å². The van der Waals surface area contributed by atoms with Crippen LogP contribution in [-0.2, 0) is 13.1 Å². The van der Waals surface area contributed by atoms with Gasteiger partial charge in [0.15, 0.2) is 0 Å². The van der Waals surface area contributed by atoms with Gasteiger partial charge in [0.25, 0.3) is 0 Å². The van der Waals surface area contributed by atoms with Gasteiger partial charge in [-0.25, -0.2) is 0 Å². The Labute approximate surface area is 115 Å². The molecule has 0 amide bonds. The summed E-state index contributed by atoms with van der Waals surface area (Å²) in [6, 6.07) is 10.7. The minimum absolute atomic E-state index is 0.869. The van der Waals surface area contributed by atoms with Gasteiger partial charge in [0.2, 0.25) is 0 Å². The number of hydrogen-bond donors (Lipinski definition) is 1. The van der Waals surface area contributed by atoms with Gasteiger partial charge in [-0.05, 0) is 36.2 Å². The lowest BCUT2D eigenvalue weighted by molar-refractivity contribution is 0.682. The molecule has 2 rings (SSSR count). The van der Waals surface area contributed by atoms with E-state index in [9.17, 15) is 0 Å². The molecule has 0 radical (unpaired) electrons. The number of rotatable bonds is 6. The van der Waals surface area contributed by atoms with Crippen molar-refractivity contribution in [3.05, 3.63) is 48.3 Å². The summed E-state index contributed by atoms with van der Waals surface area (Å²) in [5.41, 5.74) is 3.70. The summed E-state index contributed by atoms with van der Waals surface area (Å²) in [5.74, 6) is 0. The van der Waals surface area contributed by atoms with E-state index < -0.39 is 0 Å². The smallest absolute Gasteiger partial charge is 0.0415 e. The Morgan fingerprint density at radius 1 is 1.21 bits per heavy atom. The molecule has 0 saturated heterocycles. The zero-order chi connectivity index (χ0) is 13.7. The summed E-state index contributed by atoms with van der Waals surface area (Å²) < 4.78 is 2.24. The van der Waals surface area contributed by atoms with Gasteiger partial charge in [-0.2, -0.15) is 0 Å². The largest absolute Gasteiger partial charge is 0.381 e. The molecule has 0 atom stereocenters. The van der Waals surface area contributed by atoms with Crippen molar-refractivity contribution in [3.63, 3.8) is 0 Å². The third-order valence-electron chi connectivity index (χ3n) is 3.15. The monoisotopic (exact) mass is 257 g/mol. The normalized spacial score (nSPS) is 10.5. The highest BCUT2D eigenvalue weighted by Crippen LogP contribution is 2.18. The Hall–Kier alpha value is -1.90. The summed E-state index contributed by atoms with van der Waals surface area (Å²) in [4.78, 5) is 2.11. The standard InChI is InChI=1S/C16H23N3/c1-4-9-19-10-8-14(13-19)12-17-15-6-5-7-16(11-15)18(2)3/h5-8,10-11,13,17H,4,9,12H2,1-3H3. The highest BCUT2D eigenvalue weighted by molar-refractivity contribution is 5.57. The first kappa shape index (κ1) is 13.5. The average molecular weight is 257 g/mol. The predicted molar refractivity (Wildman–Crippen MR) is 82.8 cm³/mol. The van der Waals surface area contributed by atoms with Crippen LogP contribution in [0.3, 0.4) is 0 Å². The van der Waals surface area contributed by atoms with Gasteiger partial charge in [-0.1, -0.05) is 13.0 Å². The van der Waals surface area contributed by atoms with Gasteiger partial charge in [0.05, 0.1) is 0 Å². The number of benzene rings is 1. The van der Waals surface area contributed by atoms with E-state index in [-0.39, 0.29) is 0 Å². The van der Waals surface area contributed by atoms with E-state index in [0.717, 1.165) is 18.8 Å². The molecular formula is C16H23N3. The molecule has 1 heterocycles. The number of nitrogens with one attached hydrogen (secondary N) is 1. The van der Waals surface area contributed by atoms with Crippen molar-refractivity contribution >= 4 is 11.4 Å². The third kappa shape index (κ3) is 3.78. The molecule has 0 fully saturated rings.